The van der Waals surface area contributed by atoms with E-state index in [1.54, 1.807) is 13.8 Å². The number of hydrogen-bond donors (Lipinski definition) is 1. The van der Waals surface area contributed by atoms with Gasteiger partial charge in [0.1, 0.15) is 5.75 Å². The maximum atomic E-state index is 12.4. The second-order valence-corrected chi connectivity index (χ2v) is 7.86. The molecule has 0 aliphatic rings. The zero-order valence-electron chi connectivity index (χ0n) is 17.0. The van der Waals surface area contributed by atoms with E-state index in [2.05, 4.69) is 37.1 Å². The number of rotatable bonds is 6. The molecule has 1 aromatic heterocycles. The highest BCUT2D eigenvalue weighted by atomic mass is 16.5. The van der Waals surface area contributed by atoms with Gasteiger partial charge in [-0.1, -0.05) is 38.5 Å². The van der Waals surface area contributed by atoms with Crippen molar-refractivity contribution in [2.24, 2.45) is 0 Å². The lowest BCUT2D eigenvalue weighted by Crippen LogP contribution is -2.39. The molecule has 0 radical (unpaired) electrons. The van der Waals surface area contributed by atoms with E-state index >= 15 is 0 Å². The van der Waals surface area contributed by atoms with Crippen molar-refractivity contribution in [1.29, 1.82) is 0 Å². The van der Waals surface area contributed by atoms with Crippen molar-refractivity contribution in [3.63, 3.8) is 0 Å². The first kappa shape index (κ1) is 20.7. The Bertz CT molecular complexity index is 866. The summed E-state index contributed by atoms with van der Waals surface area (Å²) < 4.78 is 7.41. The first-order valence-corrected chi connectivity index (χ1v) is 9.16. The quantitative estimate of drug-likeness (QED) is 0.847. The second kappa shape index (κ2) is 8.37. The molecule has 2 aromatic rings. The van der Waals surface area contributed by atoms with Crippen molar-refractivity contribution in [3.8, 4) is 5.75 Å². The van der Waals surface area contributed by atoms with Gasteiger partial charge in [-0.05, 0) is 37.8 Å². The maximum Gasteiger partial charge on any atom is 0.260 e. The lowest BCUT2D eigenvalue weighted by molar-refractivity contribution is -0.127. The van der Waals surface area contributed by atoms with Gasteiger partial charge in [-0.2, -0.15) is 0 Å². The molecule has 0 spiro atoms. The van der Waals surface area contributed by atoms with Gasteiger partial charge in [0.15, 0.2) is 6.10 Å². The normalized spacial score (nSPS) is 12.5. The third kappa shape index (κ3) is 5.67. The van der Waals surface area contributed by atoms with Crippen LogP contribution in [0.2, 0.25) is 0 Å². The van der Waals surface area contributed by atoms with E-state index in [4.69, 9.17) is 4.74 Å². The van der Waals surface area contributed by atoms with Crippen molar-refractivity contribution < 1.29 is 9.53 Å². The molecule has 1 N–H and O–H groups in total. The highest BCUT2D eigenvalue weighted by Gasteiger charge is 2.22. The number of aryl methyl sites for hydroxylation is 2. The molecule has 0 fully saturated rings. The minimum Gasteiger partial charge on any atom is -0.481 e. The molecule has 1 unspecified atom stereocenters. The van der Waals surface area contributed by atoms with Crippen molar-refractivity contribution in [3.05, 3.63) is 57.8 Å². The SMILES string of the molecule is Cc1ccc(OC(C)C(=O)NCCn2cnc(C)cc2=O)c(C(C)(C)C)c1. The Kier molecular flexibility index (Phi) is 6.41. The number of hydrogen-bond acceptors (Lipinski definition) is 4. The first-order chi connectivity index (χ1) is 12.6. The van der Waals surface area contributed by atoms with E-state index in [0.717, 1.165) is 16.9 Å². The van der Waals surface area contributed by atoms with Gasteiger partial charge in [0, 0.05) is 24.8 Å². The molecule has 0 aliphatic heterocycles. The summed E-state index contributed by atoms with van der Waals surface area (Å²) in [4.78, 5) is 28.3. The number of ether oxygens (including phenoxy) is 1. The number of nitrogens with one attached hydrogen (secondary N) is 1. The third-order valence-corrected chi connectivity index (χ3v) is 4.28. The predicted molar refractivity (Wildman–Crippen MR) is 106 cm³/mol. The molecule has 0 saturated heterocycles. The van der Waals surface area contributed by atoms with Gasteiger partial charge in [-0.25, -0.2) is 4.98 Å². The van der Waals surface area contributed by atoms with Crippen LogP contribution in [0, 0.1) is 13.8 Å². The summed E-state index contributed by atoms with van der Waals surface area (Å²) in [6.45, 7) is 12.6. The van der Waals surface area contributed by atoms with Crippen LogP contribution < -0.4 is 15.6 Å². The lowest BCUT2D eigenvalue weighted by Gasteiger charge is -2.25. The van der Waals surface area contributed by atoms with Crippen molar-refractivity contribution in [2.75, 3.05) is 6.54 Å². The molecular formula is C21H29N3O3. The molecular weight excluding hydrogens is 342 g/mol. The van der Waals surface area contributed by atoms with Crippen LogP contribution >= 0.6 is 0 Å². The van der Waals surface area contributed by atoms with Crippen molar-refractivity contribution in [1.82, 2.24) is 14.9 Å². The Morgan fingerprint density at radius 2 is 1.96 bits per heavy atom. The highest BCUT2D eigenvalue weighted by molar-refractivity contribution is 5.80. The number of nitrogens with zero attached hydrogens (tertiary/aromatic N) is 2. The van der Waals surface area contributed by atoms with E-state index in [9.17, 15) is 9.59 Å². The van der Waals surface area contributed by atoms with E-state index in [1.165, 1.54) is 17.0 Å². The number of carbonyl (C=O) groups is 1. The standard InChI is InChI=1S/C21H29N3O3/c1-14-7-8-18(17(11-14)21(4,5)6)27-16(3)20(26)22-9-10-24-13-23-15(2)12-19(24)25/h7-8,11-13,16H,9-10H2,1-6H3,(H,22,26). The Balaban J connectivity index is 1.97. The monoisotopic (exact) mass is 371 g/mol. The molecule has 1 atom stereocenters. The fraction of sp³-hybridized carbons (Fsp3) is 0.476. The van der Waals surface area contributed by atoms with Gasteiger partial charge < -0.3 is 10.1 Å². The minimum atomic E-state index is -0.637. The van der Waals surface area contributed by atoms with Gasteiger partial charge >= 0.3 is 0 Å². The van der Waals surface area contributed by atoms with Crippen molar-refractivity contribution in [2.45, 2.75) is 59.6 Å². The summed E-state index contributed by atoms with van der Waals surface area (Å²) in [6.07, 6.45) is 0.854. The van der Waals surface area contributed by atoms with Crippen LogP contribution in [-0.2, 0) is 16.8 Å². The summed E-state index contributed by atoms with van der Waals surface area (Å²) in [5, 5.41) is 2.81. The Morgan fingerprint density at radius 1 is 1.26 bits per heavy atom. The van der Waals surface area contributed by atoms with Gasteiger partial charge in [0.25, 0.3) is 11.5 Å². The molecule has 1 heterocycles. The zero-order chi connectivity index (χ0) is 20.2. The topological polar surface area (TPSA) is 73.2 Å². The van der Waals surface area contributed by atoms with Crippen LogP contribution in [0.25, 0.3) is 0 Å². The van der Waals surface area contributed by atoms with Crippen LogP contribution in [0.15, 0.2) is 35.4 Å². The Labute approximate surface area is 160 Å². The average Bonchev–Trinajstić information content (AvgIpc) is 2.57. The van der Waals surface area contributed by atoms with E-state index < -0.39 is 6.10 Å². The van der Waals surface area contributed by atoms with E-state index in [0.29, 0.717) is 18.8 Å². The molecule has 6 nitrogen and oxygen atoms in total. The number of carbonyl (C=O) groups excluding carboxylic acids is 1. The van der Waals surface area contributed by atoms with Crippen LogP contribution in [-0.4, -0.2) is 28.1 Å². The molecule has 27 heavy (non-hydrogen) atoms. The van der Waals surface area contributed by atoms with E-state index in [1.807, 2.05) is 19.1 Å². The summed E-state index contributed by atoms with van der Waals surface area (Å²) in [7, 11) is 0. The van der Waals surface area contributed by atoms with Gasteiger partial charge in [-0.15, -0.1) is 0 Å². The Morgan fingerprint density at radius 3 is 2.59 bits per heavy atom. The Hall–Kier alpha value is -2.63. The predicted octanol–water partition coefficient (Wildman–Crippen LogP) is 2.74. The van der Waals surface area contributed by atoms with Crippen LogP contribution in [0.3, 0.4) is 0 Å². The molecule has 0 saturated carbocycles. The molecule has 0 bridgehead atoms. The summed E-state index contributed by atoms with van der Waals surface area (Å²) in [5.74, 6) is 0.498. The van der Waals surface area contributed by atoms with Gasteiger partial charge in [-0.3, -0.25) is 14.2 Å². The molecule has 1 amide bonds. The summed E-state index contributed by atoms with van der Waals surface area (Å²) in [6, 6.07) is 7.46. The fourth-order valence-corrected chi connectivity index (χ4v) is 2.70. The number of aromatic nitrogens is 2. The van der Waals surface area contributed by atoms with Gasteiger partial charge in [0.05, 0.1) is 6.33 Å². The minimum absolute atomic E-state index is 0.0862. The van der Waals surface area contributed by atoms with E-state index in [-0.39, 0.29) is 16.9 Å². The van der Waals surface area contributed by atoms with Crippen LogP contribution in [0.5, 0.6) is 5.75 Å². The number of benzene rings is 1. The lowest BCUT2D eigenvalue weighted by atomic mass is 9.85. The van der Waals surface area contributed by atoms with Crippen molar-refractivity contribution >= 4 is 5.91 Å². The average molecular weight is 371 g/mol. The first-order valence-electron chi connectivity index (χ1n) is 9.16. The van der Waals surface area contributed by atoms with Gasteiger partial charge in [0.2, 0.25) is 0 Å². The second-order valence-electron chi connectivity index (χ2n) is 7.86. The third-order valence-electron chi connectivity index (χ3n) is 4.28. The largest absolute Gasteiger partial charge is 0.481 e. The number of amides is 1. The highest BCUT2D eigenvalue weighted by Crippen LogP contribution is 2.32. The molecule has 2 rings (SSSR count). The smallest absolute Gasteiger partial charge is 0.260 e. The van der Waals surface area contributed by atoms with Crippen LogP contribution in [0.4, 0.5) is 0 Å². The van der Waals surface area contributed by atoms with Crippen LogP contribution in [0.1, 0.15) is 44.5 Å². The molecule has 1 aromatic carbocycles. The molecule has 146 valence electrons. The summed E-state index contributed by atoms with van der Waals surface area (Å²) >= 11 is 0. The fourth-order valence-electron chi connectivity index (χ4n) is 2.70. The summed E-state index contributed by atoms with van der Waals surface area (Å²) in [5.41, 5.74) is 2.68. The molecule has 0 aliphatic carbocycles. The zero-order valence-corrected chi connectivity index (χ0v) is 17.0. The molecule has 6 heteroatoms. The maximum absolute atomic E-state index is 12.4.